The van der Waals surface area contributed by atoms with Crippen LogP contribution in [0.3, 0.4) is 0 Å². The van der Waals surface area contributed by atoms with Crippen molar-refractivity contribution < 1.29 is 23.7 Å². The van der Waals surface area contributed by atoms with Gasteiger partial charge in [0.15, 0.2) is 0 Å². The maximum atomic E-state index is 13.4. The highest BCUT2D eigenvalue weighted by Gasteiger charge is 2.22. The monoisotopic (exact) mass is 494 g/mol. The van der Waals surface area contributed by atoms with Crippen LogP contribution in [0.15, 0.2) is 71.5 Å². The first kappa shape index (κ1) is 26.4. The predicted octanol–water partition coefficient (Wildman–Crippen LogP) is 3.63. The molecule has 0 aliphatic rings. The summed E-state index contributed by atoms with van der Waals surface area (Å²) in [7, 11) is 3.49. The van der Waals surface area contributed by atoms with Gasteiger partial charge in [0.05, 0.1) is 24.3 Å². The number of benzene rings is 1. The van der Waals surface area contributed by atoms with Crippen molar-refractivity contribution >= 4 is 23.6 Å². The van der Waals surface area contributed by atoms with Gasteiger partial charge >= 0.3 is 0 Å². The summed E-state index contributed by atoms with van der Waals surface area (Å²) >= 11 is 0. The molecule has 3 aromatic rings. The number of nitro benzene ring substituents is 1. The number of carbonyl (C=O) groups excluding carboxylic acids is 2. The fourth-order valence-corrected chi connectivity index (χ4v) is 3.59. The Hall–Kier alpha value is -4.18. The second-order valence-electron chi connectivity index (χ2n) is 8.23. The van der Waals surface area contributed by atoms with Gasteiger partial charge in [-0.05, 0) is 54.5 Å². The lowest BCUT2D eigenvalue weighted by Crippen LogP contribution is -2.42. The SMILES string of the molecule is COCCCN(CC(=O)N(Cc1ccco1)Cc1cccn1C)C(=O)/C=C/c1ccc([N+](=O)[O-])cc1. The van der Waals surface area contributed by atoms with Gasteiger partial charge in [0.1, 0.15) is 12.3 Å². The second-order valence-corrected chi connectivity index (χ2v) is 8.23. The zero-order valence-corrected chi connectivity index (χ0v) is 20.4. The van der Waals surface area contributed by atoms with E-state index in [1.807, 2.05) is 29.9 Å². The van der Waals surface area contributed by atoms with Crippen molar-refractivity contribution in [2.45, 2.75) is 19.5 Å². The Morgan fingerprint density at radius 3 is 2.50 bits per heavy atom. The van der Waals surface area contributed by atoms with Gasteiger partial charge in [-0.15, -0.1) is 0 Å². The summed E-state index contributed by atoms with van der Waals surface area (Å²) in [6.45, 7) is 1.31. The van der Waals surface area contributed by atoms with Crippen molar-refractivity contribution in [1.29, 1.82) is 0 Å². The van der Waals surface area contributed by atoms with Gasteiger partial charge in [-0.1, -0.05) is 0 Å². The third kappa shape index (κ3) is 7.67. The van der Waals surface area contributed by atoms with E-state index < -0.39 is 4.92 Å². The zero-order valence-electron chi connectivity index (χ0n) is 20.4. The number of rotatable bonds is 13. The van der Waals surface area contributed by atoms with Gasteiger partial charge < -0.3 is 23.5 Å². The van der Waals surface area contributed by atoms with E-state index in [-0.39, 0.29) is 30.6 Å². The highest BCUT2D eigenvalue weighted by Crippen LogP contribution is 2.14. The molecule has 2 aromatic heterocycles. The third-order valence-corrected chi connectivity index (χ3v) is 5.62. The van der Waals surface area contributed by atoms with E-state index in [0.29, 0.717) is 37.4 Å². The standard InChI is InChI=1S/C26H30N4O6/c1-27-14-3-6-23(27)18-29(19-24-7-4-17-36-24)26(32)20-28(15-5-16-35-2)25(31)13-10-21-8-11-22(12-9-21)30(33)34/h3-4,6-14,17H,5,15-16,18-20H2,1-2H3/b13-10+. The molecule has 2 amide bonds. The van der Waals surface area contributed by atoms with E-state index in [1.54, 1.807) is 48.6 Å². The lowest BCUT2D eigenvalue weighted by Gasteiger charge is -2.27. The van der Waals surface area contributed by atoms with Crippen LogP contribution in [0.5, 0.6) is 0 Å². The Bertz CT molecular complexity index is 1170. The molecule has 0 aliphatic heterocycles. The average molecular weight is 495 g/mol. The van der Waals surface area contributed by atoms with Crippen molar-refractivity contribution in [3.05, 3.63) is 94.2 Å². The number of aromatic nitrogens is 1. The number of hydrogen-bond acceptors (Lipinski definition) is 6. The maximum Gasteiger partial charge on any atom is 0.269 e. The van der Waals surface area contributed by atoms with E-state index in [0.717, 1.165) is 5.69 Å². The minimum Gasteiger partial charge on any atom is -0.467 e. The lowest BCUT2D eigenvalue weighted by atomic mass is 10.2. The van der Waals surface area contributed by atoms with Gasteiger partial charge in [-0.2, -0.15) is 0 Å². The molecule has 3 rings (SSSR count). The topological polar surface area (TPSA) is 111 Å². The number of hydrogen-bond donors (Lipinski definition) is 0. The molecule has 0 aliphatic carbocycles. The van der Waals surface area contributed by atoms with Crippen molar-refractivity contribution in [2.75, 3.05) is 26.8 Å². The quantitative estimate of drug-likeness (QED) is 0.155. The summed E-state index contributed by atoms with van der Waals surface area (Å²) < 4.78 is 12.5. The van der Waals surface area contributed by atoms with Gasteiger partial charge in [-0.3, -0.25) is 19.7 Å². The van der Waals surface area contributed by atoms with Gasteiger partial charge in [0.25, 0.3) is 5.69 Å². The average Bonchev–Trinajstić information content (AvgIpc) is 3.53. The first-order valence-corrected chi connectivity index (χ1v) is 11.5. The summed E-state index contributed by atoms with van der Waals surface area (Å²) in [6.07, 6.45) is 6.98. The Kier molecular flexibility index (Phi) is 9.58. The minimum absolute atomic E-state index is 0.0277. The van der Waals surface area contributed by atoms with E-state index in [4.69, 9.17) is 9.15 Å². The Balaban J connectivity index is 1.74. The number of ether oxygens (including phenoxy) is 1. The molecule has 0 spiro atoms. The molecule has 10 heteroatoms. The second kappa shape index (κ2) is 13.1. The number of carbonyl (C=O) groups is 2. The smallest absolute Gasteiger partial charge is 0.269 e. The molecular weight excluding hydrogens is 464 g/mol. The summed E-state index contributed by atoms with van der Waals surface area (Å²) in [5.74, 6) is 0.0876. The van der Waals surface area contributed by atoms with Gasteiger partial charge in [0, 0.05) is 57.4 Å². The number of aryl methyl sites for hydroxylation is 1. The summed E-state index contributed by atoms with van der Waals surface area (Å²) in [4.78, 5) is 39.9. The van der Waals surface area contributed by atoms with Gasteiger partial charge in [0.2, 0.25) is 11.8 Å². The fourth-order valence-electron chi connectivity index (χ4n) is 3.59. The van der Waals surface area contributed by atoms with Crippen molar-refractivity contribution in [1.82, 2.24) is 14.4 Å². The molecule has 0 radical (unpaired) electrons. The first-order chi connectivity index (χ1) is 17.4. The number of non-ortho nitro benzene ring substituents is 1. The van der Waals surface area contributed by atoms with Crippen molar-refractivity contribution in [3.63, 3.8) is 0 Å². The van der Waals surface area contributed by atoms with E-state index in [9.17, 15) is 19.7 Å². The van der Waals surface area contributed by atoms with E-state index in [2.05, 4.69) is 0 Å². The molecular formula is C26H30N4O6. The molecule has 190 valence electrons. The lowest BCUT2D eigenvalue weighted by molar-refractivity contribution is -0.384. The van der Waals surface area contributed by atoms with Crippen LogP contribution in [-0.4, -0.2) is 57.9 Å². The van der Waals surface area contributed by atoms with Crippen LogP contribution in [-0.2, 0) is 34.5 Å². The highest BCUT2D eigenvalue weighted by molar-refractivity contribution is 5.94. The summed E-state index contributed by atoms with van der Waals surface area (Å²) in [6, 6.07) is 13.3. The molecule has 0 fully saturated rings. The molecule has 36 heavy (non-hydrogen) atoms. The van der Waals surface area contributed by atoms with E-state index >= 15 is 0 Å². The maximum absolute atomic E-state index is 13.4. The van der Waals surface area contributed by atoms with Crippen molar-refractivity contribution in [2.24, 2.45) is 7.05 Å². The molecule has 0 N–H and O–H groups in total. The van der Waals surface area contributed by atoms with Crippen LogP contribution in [0.25, 0.3) is 6.08 Å². The largest absolute Gasteiger partial charge is 0.467 e. The molecule has 10 nitrogen and oxygen atoms in total. The molecule has 0 unspecified atom stereocenters. The Morgan fingerprint density at radius 1 is 1.11 bits per heavy atom. The van der Waals surface area contributed by atoms with Crippen LogP contribution in [0.2, 0.25) is 0 Å². The third-order valence-electron chi connectivity index (χ3n) is 5.62. The number of nitrogens with zero attached hydrogens (tertiary/aromatic N) is 4. The molecule has 1 aromatic carbocycles. The first-order valence-electron chi connectivity index (χ1n) is 11.5. The Labute approximate surface area is 209 Å². The minimum atomic E-state index is -0.480. The van der Waals surface area contributed by atoms with Gasteiger partial charge in [-0.25, -0.2) is 0 Å². The fraction of sp³-hybridized carbons (Fsp3) is 0.308. The van der Waals surface area contributed by atoms with Crippen LogP contribution in [0.4, 0.5) is 5.69 Å². The zero-order chi connectivity index (χ0) is 25.9. The molecule has 0 saturated heterocycles. The highest BCUT2D eigenvalue weighted by atomic mass is 16.6. The molecule has 0 bridgehead atoms. The molecule has 0 atom stereocenters. The van der Waals surface area contributed by atoms with Crippen LogP contribution in [0, 0.1) is 10.1 Å². The summed E-state index contributed by atoms with van der Waals surface area (Å²) in [5, 5.41) is 10.8. The predicted molar refractivity (Wildman–Crippen MR) is 134 cm³/mol. The van der Waals surface area contributed by atoms with Crippen LogP contribution < -0.4 is 0 Å². The molecule has 2 heterocycles. The number of methoxy groups -OCH3 is 1. The van der Waals surface area contributed by atoms with Crippen molar-refractivity contribution in [3.8, 4) is 0 Å². The summed E-state index contributed by atoms with van der Waals surface area (Å²) in [5.41, 5.74) is 1.56. The Morgan fingerprint density at radius 2 is 1.89 bits per heavy atom. The number of nitro groups is 1. The normalized spacial score (nSPS) is 11.1. The van der Waals surface area contributed by atoms with Crippen LogP contribution >= 0.6 is 0 Å². The number of furan rings is 1. The van der Waals surface area contributed by atoms with Crippen LogP contribution in [0.1, 0.15) is 23.4 Å². The molecule has 0 saturated carbocycles. The van der Waals surface area contributed by atoms with E-state index in [1.165, 1.54) is 23.1 Å². The number of amides is 2.